The van der Waals surface area contributed by atoms with E-state index in [0.717, 1.165) is 36.8 Å². The van der Waals surface area contributed by atoms with E-state index in [1.807, 2.05) is 0 Å². The molecule has 1 heterocycles. The van der Waals surface area contributed by atoms with Crippen LogP contribution >= 0.6 is 15.9 Å². The van der Waals surface area contributed by atoms with Crippen LogP contribution in [0.2, 0.25) is 0 Å². The van der Waals surface area contributed by atoms with E-state index in [1.54, 1.807) is 12.1 Å². The summed E-state index contributed by atoms with van der Waals surface area (Å²) in [4.78, 5) is 11.9. The molecular formula is C15H19BrFNO. The van der Waals surface area contributed by atoms with Crippen LogP contribution in [0.4, 0.5) is 4.39 Å². The van der Waals surface area contributed by atoms with Crippen molar-refractivity contribution in [1.29, 1.82) is 0 Å². The molecule has 1 saturated heterocycles. The Bertz CT molecular complexity index is 444. The van der Waals surface area contributed by atoms with E-state index >= 15 is 0 Å². The van der Waals surface area contributed by atoms with E-state index in [9.17, 15) is 9.18 Å². The van der Waals surface area contributed by atoms with E-state index < -0.39 is 0 Å². The molecule has 0 aromatic heterocycles. The molecule has 19 heavy (non-hydrogen) atoms. The maximum Gasteiger partial charge on any atom is 0.137 e. The third kappa shape index (κ3) is 4.69. The van der Waals surface area contributed by atoms with Gasteiger partial charge in [0.15, 0.2) is 0 Å². The van der Waals surface area contributed by atoms with Gasteiger partial charge in [-0.3, -0.25) is 4.79 Å². The fraction of sp³-hybridized carbons (Fsp3) is 0.533. The van der Waals surface area contributed by atoms with Crippen LogP contribution in [0, 0.1) is 11.7 Å². The number of carbonyl (C=O) groups excluding carboxylic acids is 1. The van der Waals surface area contributed by atoms with Gasteiger partial charge in [0.05, 0.1) is 0 Å². The monoisotopic (exact) mass is 327 g/mol. The molecule has 1 aromatic carbocycles. The lowest BCUT2D eigenvalue weighted by Crippen LogP contribution is -2.28. The van der Waals surface area contributed by atoms with Gasteiger partial charge >= 0.3 is 0 Å². The van der Waals surface area contributed by atoms with Gasteiger partial charge in [0.2, 0.25) is 0 Å². The average molecular weight is 328 g/mol. The van der Waals surface area contributed by atoms with Gasteiger partial charge < -0.3 is 5.32 Å². The Hall–Kier alpha value is -0.740. The number of hydrogen-bond acceptors (Lipinski definition) is 2. The number of benzene rings is 1. The molecule has 0 atom stereocenters. The first kappa shape index (κ1) is 14.7. The van der Waals surface area contributed by atoms with Gasteiger partial charge in [0.1, 0.15) is 11.6 Å². The first-order chi connectivity index (χ1) is 9.15. The lowest BCUT2D eigenvalue weighted by molar-refractivity contribution is -0.118. The lowest BCUT2D eigenvalue weighted by atomic mass is 9.91. The first-order valence-corrected chi connectivity index (χ1v) is 7.61. The summed E-state index contributed by atoms with van der Waals surface area (Å²) < 4.78 is 14.4. The Balaban J connectivity index is 1.81. The SMILES string of the molecule is O=C(CCC1CCNCC1)Cc1cc(Br)ccc1F. The molecule has 0 spiro atoms. The number of nitrogens with one attached hydrogen (secondary N) is 1. The first-order valence-electron chi connectivity index (χ1n) is 6.81. The standard InChI is InChI=1S/C15H19BrFNO/c16-13-2-4-15(17)12(9-13)10-14(19)3-1-11-5-7-18-8-6-11/h2,4,9,11,18H,1,3,5-8,10H2. The van der Waals surface area contributed by atoms with Crippen molar-refractivity contribution in [2.24, 2.45) is 5.92 Å². The predicted octanol–water partition coefficient (Wildman–Crippen LogP) is 3.48. The van der Waals surface area contributed by atoms with Crippen molar-refractivity contribution in [3.05, 3.63) is 34.1 Å². The van der Waals surface area contributed by atoms with Gasteiger partial charge in [-0.2, -0.15) is 0 Å². The molecule has 104 valence electrons. The molecule has 0 radical (unpaired) electrons. The van der Waals surface area contributed by atoms with Crippen LogP contribution in [0.25, 0.3) is 0 Å². The molecule has 2 nitrogen and oxygen atoms in total. The summed E-state index contributed by atoms with van der Waals surface area (Å²) in [5.74, 6) is 0.492. The third-order valence-corrected chi connectivity index (χ3v) is 4.18. The molecule has 2 rings (SSSR count). The van der Waals surface area contributed by atoms with Crippen LogP contribution in [0.15, 0.2) is 22.7 Å². The summed E-state index contributed by atoms with van der Waals surface area (Å²) >= 11 is 3.30. The Morgan fingerprint density at radius 1 is 1.37 bits per heavy atom. The number of halogens is 2. The molecule has 4 heteroatoms. The van der Waals surface area contributed by atoms with Crippen molar-refractivity contribution in [3.8, 4) is 0 Å². The summed E-state index contributed by atoms with van der Waals surface area (Å²) in [6.07, 6.45) is 4.01. The summed E-state index contributed by atoms with van der Waals surface area (Å²) in [7, 11) is 0. The highest BCUT2D eigenvalue weighted by molar-refractivity contribution is 9.10. The van der Waals surface area contributed by atoms with E-state index in [4.69, 9.17) is 0 Å². The van der Waals surface area contributed by atoms with Crippen molar-refractivity contribution in [3.63, 3.8) is 0 Å². The van der Waals surface area contributed by atoms with E-state index in [0.29, 0.717) is 17.9 Å². The van der Waals surface area contributed by atoms with E-state index in [2.05, 4.69) is 21.2 Å². The number of hydrogen-bond donors (Lipinski definition) is 1. The molecule has 0 bridgehead atoms. The van der Waals surface area contributed by atoms with Gasteiger partial charge in [-0.25, -0.2) is 4.39 Å². The molecule has 0 saturated carbocycles. The van der Waals surface area contributed by atoms with Crippen molar-refractivity contribution in [2.75, 3.05) is 13.1 Å². The number of rotatable bonds is 5. The Kier molecular flexibility index (Phi) is 5.52. The van der Waals surface area contributed by atoms with Crippen molar-refractivity contribution < 1.29 is 9.18 Å². The zero-order valence-electron chi connectivity index (χ0n) is 10.9. The predicted molar refractivity (Wildman–Crippen MR) is 77.6 cm³/mol. The van der Waals surface area contributed by atoms with Gasteiger partial charge in [0, 0.05) is 17.3 Å². The minimum atomic E-state index is -0.293. The van der Waals surface area contributed by atoms with Crippen molar-refractivity contribution in [2.45, 2.75) is 32.1 Å². The molecule has 1 aliphatic rings. The fourth-order valence-corrected chi connectivity index (χ4v) is 2.92. The second-order valence-corrected chi connectivity index (χ2v) is 6.10. The maximum atomic E-state index is 13.5. The quantitative estimate of drug-likeness (QED) is 0.897. The second-order valence-electron chi connectivity index (χ2n) is 5.18. The van der Waals surface area contributed by atoms with Crippen LogP contribution in [-0.2, 0) is 11.2 Å². The topological polar surface area (TPSA) is 29.1 Å². The van der Waals surface area contributed by atoms with Crippen LogP contribution in [0.5, 0.6) is 0 Å². The normalized spacial score (nSPS) is 16.5. The maximum absolute atomic E-state index is 13.5. The second kappa shape index (κ2) is 7.15. The Labute approximate surface area is 121 Å². The highest BCUT2D eigenvalue weighted by Gasteiger charge is 2.15. The molecule has 1 fully saturated rings. The number of ketones is 1. The summed E-state index contributed by atoms with van der Waals surface area (Å²) in [5, 5.41) is 3.32. The van der Waals surface area contributed by atoms with Gasteiger partial charge in [0.25, 0.3) is 0 Å². The molecule has 1 aliphatic heterocycles. The molecule has 0 aliphatic carbocycles. The Morgan fingerprint density at radius 3 is 2.84 bits per heavy atom. The highest BCUT2D eigenvalue weighted by Crippen LogP contribution is 2.20. The number of carbonyl (C=O) groups is 1. The highest BCUT2D eigenvalue weighted by atomic mass is 79.9. The van der Waals surface area contributed by atoms with Crippen molar-refractivity contribution >= 4 is 21.7 Å². The molecular weight excluding hydrogens is 309 g/mol. The molecule has 0 unspecified atom stereocenters. The minimum Gasteiger partial charge on any atom is -0.317 e. The van der Waals surface area contributed by atoms with E-state index in [1.165, 1.54) is 6.07 Å². The van der Waals surface area contributed by atoms with Crippen LogP contribution < -0.4 is 5.32 Å². The summed E-state index contributed by atoms with van der Waals surface area (Å²) in [5.41, 5.74) is 0.490. The largest absolute Gasteiger partial charge is 0.317 e. The van der Waals surface area contributed by atoms with Gasteiger partial charge in [-0.05, 0) is 62.0 Å². The zero-order chi connectivity index (χ0) is 13.7. The molecule has 0 amide bonds. The average Bonchev–Trinajstić information content (AvgIpc) is 2.42. The zero-order valence-corrected chi connectivity index (χ0v) is 12.5. The fourth-order valence-electron chi connectivity index (χ4n) is 2.52. The van der Waals surface area contributed by atoms with E-state index in [-0.39, 0.29) is 18.0 Å². The Morgan fingerprint density at radius 2 is 2.11 bits per heavy atom. The molecule has 1 aromatic rings. The van der Waals surface area contributed by atoms with Crippen molar-refractivity contribution in [1.82, 2.24) is 5.32 Å². The number of piperidine rings is 1. The van der Waals surface area contributed by atoms with Crippen LogP contribution in [0.3, 0.4) is 0 Å². The number of Topliss-reactive ketones (excluding diaryl/α,β-unsaturated/α-hetero) is 1. The smallest absolute Gasteiger partial charge is 0.137 e. The minimum absolute atomic E-state index is 0.135. The van der Waals surface area contributed by atoms with Crippen LogP contribution in [0.1, 0.15) is 31.2 Å². The van der Waals surface area contributed by atoms with Gasteiger partial charge in [-0.15, -0.1) is 0 Å². The third-order valence-electron chi connectivity index (χ3n) is 3.69. The molecule has 1 N–H and O–H groups in total. The van der Waals surface area contributed by atoms with Crippen LogP contribution in [-0.4, -0.2) is 18.9 Å². The lowest BCUT2D eigenvalue weighted by Gasteiger charge is -2.22. The summed E-state index contributed by atoms with van der Waals surface area (Å²) in [6.45, 7) is 2.11. The van der Waals surface area contributed by atoms with Gasteiger partial charge in [-0.1, -0.05) is 15.9 Å². The summed E-state index contributed by atoms with van der Waals surface area (Å²) in [6, 6.07) is 4.75.